The van der Waals surface area contributed by atoms with Gasteiger partial charge in [-0.1, -0.05) is 17.7 Å². The number of nitrogens with one attached hydrogen (secondary N) is 1. The second-order valence-electron chi connectivity index (χ2n) is 3.10. The molecule has 1 rings (SSSR count). The molecule has 0 radical (unpaired) electrons. The van der Waals surface area contributed by atoms with E-state index in [1.54, 1.807) is 6.08 Å². The predicted octanol–water partition coefficient (Wildman–Crippen LogP) is 4.00. The summed E-state index contributed by atoms with van der Waals surface area (Å²) < 4.78 is 25.9. The minimum atomic E-state index is -0.672. The Morgan fingerprint density at radius 1 is 1.40 bits per heavy atom. The zero-order chi connectivity index (χ0) is 11.3. The van der Waals surface area contributed by atoms with Crippen LogP contribution in [-0.2, 0) is 0 Å². The van der Waals surface area contributed by atoms with Crippen LogP contribution >= 0.6 is 11.6 Å². The summed E-state index contributed by atoms with van der Waals surface area (Å²) >= 11 is 5.68. The Morgan fingerprint density at radius 3 is 2.73 bits per heavy atom. The standard InChI is InChI=1S/C11H12ClF2N/c1-2-3-4-5-15-11-9(12)6-8(13)7-10(11)14/h2,6-7,15H,1,3-5H2. The smallest absolute Gasteiger partial charge is 0.150 e. The van der Waals surface area contributed by atoms with Crippen LogP contribution in [0.5, 0.6) is 0 Å². The van der Waals surface area contributed by atoms with Crippen molar-refractivity contribution in [3.63, 3.8) is 0 Å². The van der Waals surface area contributed by atoms with Crippen LogP contribution in [0.1, 0.15) is 12.8 Å². The molecule has 0 unspecified atom stereocenters. The molecule has 0 aliphatic heterocycles. The third-order valence-corrected chi connectivity index (χ3v) is 2.19. The minimum absolute atomic E-state index is 0.0612. The van der Waals surface area contributed by atoms with Crippen LogP contribution in [0.3, 0.4) is 0 Å². The van der Waals surface area contributed by atoms with E-state index in [1.165, 1.54) is 0 Å². The number of hydrogen-bond acceptors (Lipinski definition) is 1. The molecule has 82 valence electrons. The van der Waals surface area contributed by atoms with Crippen LogP contribution < -0.4 is 5.32 Å². The maximum atomic E-state index is 13.2. The van der Waals surface area contributed by atoms with Crippen molar-refractivity contribution >= 4 is 17.3 Å². The Labute approximate surface area is 92.8 Å². The molecule has 0 saturated carbocycles. The Hall–Kier alpha value is -1.09. The first-order valence-electron chi connectivity index (χ1n) is 4.64. The van der Waals surface area contributed by atoms with Crippen LogP contribution in [0.25, 0.3) is 0 Å². The van der Waals surface area contributed by atoms with Gasteiger partial charge in [0, 0.05) is 12.6 Å². The van der Waals surface area contributed by atoms with Gasteiger partial charge in [-0.15, -0.1) is 6.58 Å². The molecule has 1 N–H and O–H groups in total. The number of allylic oxidation sites excluding steroid dienone is 1. The maximum Gasteiger partial charge on any atom is 0.150 e. The molecule has 0 aliphatic rings. The van der Waals surface area contributed by atoms with E-state index in [4.69, 9.17) is 11.6 Å². The van der Waals surface area contributed by atoms with Crippen LogP contribution in [0, 0.1) is 11.6 Å². The molecule has 1 aromatic rings. The van der Waals surface area contributed by atoms with Crippen molar-refractivity contribution in [3.8, 4) is 0 Å². The van der Waals surface area contributed by atoms with E-state index in [2.05, 4.69) is 11.9 Å². The lowest BCUT2D eigenvalue weighted by molar-refractivity contribution is 0.585. The fourth-order valence-corrected chi connectivity index (χ4v) is 1.43. The van der Waals surface area contributed by atoms with Crippen LogP contribution in [-0.4, -0.2) is 6.54 Å². The highest BCUT2D eigenvalue weighted by Crippen LogP contribution is 2.26. The van der Waals surface area contributed by atoms with Crippen molar-refractivity contribution in [2.24, 2.45) is 0 Å². The highest BCUT2D eigenvalue weighted by molar-refractivity contribution is 6.33. The van der Waals surface area contributed by atoms with Gasteiger partial charge in [-0.05, 0) is 18.9 Å². The number of halogens is 3. The summed E-state index contributed by atoms with van der Waals surface area (Å²) in [5, 5.41) is 2.88. The van der Waals surface area contributed by atoms with E-state index >= 15 is 0 Å². The lowest BCUT2D eigenvalue weighted by atomic mass is 10.2. The number of rotatable bonds is 5. The molecule has 0 bridgehead atoms. The van der Waals surface area contributed by atoms with E-state index in [1.807, 2.05) is 0 Å². The first-order chi connectivity index (χ1) is 7.15. The maximum absolute atomic E-state index is 13.2. The molecule has 0 heterocycles. The summed E-state index contributed by atoms with van der Waals surface area (Å²) in [6.45, 7) is 4.15. The fraction of sp³-hybridized carbons (Fsp3) is 0.273. The highest BCUT2D eigenvalue weighted by atomic mass is 35.5. The monoisotopic (exact) mass is 231 g/mol. The van der Waals surface area contributed by atoms with Gasteiger partial charge in [0.15, 0.2) is 5.82 Å². The number of hydrogen-bond donors (Lipinski definition) is 1. The summed E-state index contributed by atoms with van der Waals surface area (Å²) in [6, 6.07) is 1.89. The van der Waals surface area contributed by atoms with Crippen LogP contribution in [0.2, 0.25) is 5.02 Å². The second-order valence-corrected chi connectivity index (χ2v) is 3.51. The first-order valence-corrected chi connectivity index (χ1v) is 5.02. The lowest BCUT2D eigenvalue weighted by Crippen LogP contribution is -2.04. The van der Waals surface area contributed by atoms with Gasteiger partial charge in [-0.2, -0.15) is 0 Å². The van der Waals surface area contributed by atoms with Gasteiger partial charge in [-0.25, -0.2) is 8.78 Å². The van der Waals surface area contributed by atoms with Crippen molar-refractivity contribution in [2.45, 2.75) is 12.8 Å². The molecular formula is C11H12ClF2N. The first kappa shape index (κ1) is 12.0. The van der Waals surface area contributed by atoms with E-state index < -0.39 is 11.6 Å². The minimum Gasteiger partial charge on any atom is -0.381 e. The second kappa shape index (κ2) is 5.71. The molecule has 1 nitrogen and oxygen atoms in total. The van der Waals surface area contributed by atoms with Crippen LogP contribution in [0.4, 0.5) is 14.5 Å². The largest absolute Gasteiger partial charge is 0.381 e. The molecule has 1 aromatic carbocycles. The zero-order valence-electron chi connectivity index (χ0n) is 8.19. The quantitative estimate of drug-likeness (QED) is 0.597. The molecular weight excluding hydrogens is 220 g/mol. The van der Waals surface area contributed by atoms with E-state index in [0.717, 1.165) is 25.0 Å². The molecule has 4 heteroatoms. The van der Waals surface area contributed by atoms with E-state index in [-0.39, 0.29) is 10.7 Å². The van der Waals surface area contributed by atoms with Crippen molar-refractivity contribution in [2.75, 3.05) is 11.9 Å². The average Bonchev–Trinajstić information content (AvgIpc) is 2.15. The molecule has 0 atom stereocenters. The number of unbranched alkanes of at least 4 members (excludes halogenated alkanes) is 1. The number of anilines is 1. The molecule has 0 fully saturated rings. The third-order valence-electron chi connectivity index (χ3n) is 1.89. The summed E-state index contributed by atoms with van der Waals surface area (Å²) in [5.74, 6) is -1.34. The summed E-state index contributed by atoms with van der Waals surface area (Å²) in [6.07, 6.45) is 3.45. The normalized spacial score (nSPS) is 10.1. The fourth-order valence-electron chi connectivity index (χ4n) is 1.17. The van der Waals surface area contributed by atoms with E-state index in [0.29, 0.717) is 6.54 Å². The van der Waals surface area contributed by atoms with Gasteiger partial charge in [0.2, 0.25) is 0 Å². The van der Waals surface area contributed by atoms with E-state index in [9.17, 15) is 8.78 Å². The summed E-state index contributed by atoms with van der Waals surface area (Å²) in [7, 11) is 0. The highest BCUT2D eigenvalue weighted by Gasteiger charge is 2.08. The van der Waals surface area contributed by atoms with Gasteiger partial charge in [0.1, 0.15) is 5.82 Å². The van der Waals surface area contributed by atoms with Crippen LogP contribution in [0.15, 0.2) is 24.8 Å². The van der Waals surface area contributed by atoms with Gasteiger partial charge < -0.3 is 5.32 Å². The van der Waals surface area contributed by atoms with Gasteiger partial charge in [0.05, 0.1) is 10.7 Å². The predicted molar refractivity (Wildman–Crippen MR) is 59.3 cm³/mol. The SMILES string of the molecule is C=CCCCNc1c(F)cc(F)cc1Cl. The van der Waals surface area contributed by atoms with Crippen molar-refractivity contribution in [3.05, 3.63) is 41.4 Å². The molecule has 15 heavy (non-hydrogen) atoms. The molecule has 0 spiro atoms. The van der Waals surface area contributed by atoms with Gasteiger partial charge >= 0.3 is 0 Å². The Balaban J connectivity index is 2.64. The third kappa shape index (κ3) is 3.51. The van der Waals surface area contributed by atoms with Crippen molar-refractivity contribution in [1.82, 2.24) is 0 Å². The molecule has 0 amide bonds. The Bertz CT molecular complexity index is 329. The topological polar surface area (TPSA) is 12.0 Å². The molecule has 0 aromatic heterocycles. The Morgan fingerprint density at radius 2 is 2.13 bits per heavy atom. The summed E-state index contributed by atoms with van der Waals surface area (Å²) in [5.41, 5.74) is 0.155. The summed E-state index contributed by atoms with van der Waals surface area (Å²) in [4.78, 5) is 0. The molecule has 0 saturated heterocycles. The Kier molecular flexibility index (Phi) is 4.56. The molecule has 0 aliphatic carbocycles. The number of benzene rings is 1. The lowest BCUT2D eigenvalue weighted by Gasteiger charge is -2.08. The van der Waals surface area contributed by atoms with Crippen molar-refractivity contribution in [1.29, 1.82) is 0 Å². The zero-order valence-corrected chi connectivity index (χ0v) is 8.95. The van der Waals surface area contributed by atoms with Crippen molar-refractivity contribution < 1.29 is 8.78 Å². The van der Waals surface area contributed by atoms with Gasteiger partial charge in [-0.3, -0.25) is 0 Å². The van der Waals surface area contributed by atoms with Gasteiger partial charge in [0.25, 0.3) is 0 Å². The average molecular weight is 232 g/mol.